The van der Waals surface area contributed by atoms with Gasteiger partial charge in [0.2, 0.25) is 0 Å². The molecule has 0 aromatic heterocycles. The maximum Gasteiger partial charge on any atom is 0.141 e. The Labute approximate surface area is 161 Å². The highest BCUT2D eigenvalue weighted by Gasteiger charge is 2.26. The molecule has 2 atom stereocenters. The number of aryl methyl sites for hydroxylation is 1. The van der Waals surface area contributed by atoms with Gasteiger partial charge in [-0.1, -0.05) is 54.1 Å². The van der Waals surface area contributed by atoms with Gasteiger partial charge in [0.25, 0.3) is 0 Å². The first kappa shape index (κ1) is 19.1. The van der Waals surface area contributed by atoms with E-state index in [1.54, 1.807) is 6.07 Å². The van der Waals surface area contributed by atoms with Gasteiger partial charge in [-0.2, -0.15) is 0 Å². The number of rotatable bonds is 6. The van der Waals surface area contributed by atoms with Crippen molar-refractivity contribution in [2.24, 2.45) is 11.8 Å². The van der Waals surface area contributed by atoms with Gasteiger partial charge < -0.3 is 4.90 Å². The second-order valence-corrected chi connectivity index (χ2v) is 8.02. The van der Waals surface area contributed by atoms with Crippen LogP contribution in [-0.2, 0) is 6.42 Å². The lowest BCUT2D eigenvalue weighted by Crippen LogP contribution is -2.27. The number of hydrogen-bond acceptors (Lipinski definition) is 1. The summed E-state index contributed by atoms with van der Waals surface area (Å²) in [5, 5.41) is 0.207. The summed E-state index contributed by atoms with van der Waals surface area (Å²) in [6.07, 6.45) is 6.96. The SMILES string of the molecule is CN(C)CC1CC(CCc2ccccc2)CC=C1c1ccc(F)c(Cl)c1. The molecule has 0 spiro atoms. The van der Waals surface area contributed by atoms with Crippen molar-refractivity contribution < 1.29 is 4.39 Å². The summed E-state index contributed by atoms with van der Waals surface area (Å²) in [5.74, 6) is 0.803. The molecule has 1 aliphatic carbocycles. The van der Waals surface area contributed by atoms with Gasteiger partial charge in [-0.25, -0.2) is 4.39 Å². The van der Waals surface area contributed by atoms with Crippen LogP contribution >= 0.6 is 11.6 Å². The van der Waals surface area contributed by atoms with Gasteiger partial charge >= 0.3 is 0 Å². The molecule has 0 saturated carbocycles. The van der Waals surface area contributed by atoms with Crippen LogP contribution in [0.25, 0.3) is 5.57 Å². The Balaban J connectivity index is 1.74. The molecule has 3 heteroatoms. The van der Waals surface area contributed by atoms with Crippen molar-refractivity contribution in [1.29, 1.82) is 0 Å². The maximum absolute atomic E-state index is 13.5. The lowest BCUT2D eigenvalue weighted by Gasteiger charge is -2.32. The standard InChI is InChI=1S/C23H27ClFN/c1-26(2)16-20-14-18(9-8-17-6-4-3-5-7-17)10-12-21(20)19-11-13-23(25)22(24)15-19/h3-7,11-13,15,18,20H,8-10,14,16H2,1-2H3. The van der Waals surface area contributed by atoms with Crippen LogP contribution in [0.3, 0.4) is 0 Å². The first-order valence-corrected chi connectivity index (χ1v) is 9.75. The quantitative estimate of drug-likeness (QED) is 0.594. The van der Waals surface area contributed by atoms with Crippen LogP contribution in [0.5, 0.6) is 0 Å². The molecule has 0 fully saturated rings. The number of nitrogens with zero attached hydrogens (tertiary/aromatic N) is 1. The zero-order valence-corrected chi connectivity index (χ0v) is 16.3. The molecular formula is C23H27ClFN. The van der Waals surface area contributed by atoms with Crippen LogP contribution in [0, 0.1) is 17.7 Å². The van der Waals surface area contributed by atoms with Crippen molar-refractivity contribution >= 4 is 17.2 Å². The predicted molar refractivity (Wildman–Crippen MR) is 109 cm³/mol. The third-order valence-electron chi connectivity index (χ3n) is 5.25. The largest absolute Gasteiger partial charge is 0.309 e. The molecule has 26 heavy (non-hydrogen) atoms. The minimum absolute atomic E-state index is 0.207. The van der Waals surface area contributed by atoms with Gasteiger partial charge in [0.1, 0.15) is 5.82 Å². The first-order valence-electron chi connectivity index (χ1n) is 9.37. The van der Waals surface area contributed by atoms with E-state index in [2.05, 4.69) is 55.4 Å². The van der Waals surface area contributed by atoms with Crippen molar-refractivity contribution in [1.82, 2.24) is 4.90 Å². The third kappa shape index (κ3) is 4.96. The average Bonchev–Trinajstić information content (AvgIpc) is 2.63. The highest BCUT2D eigenvalue weighted by atomic mass is 35.5. The highest BCUT2D eigenvalue weighted by Crippen LogP contribution is 2.38. The minimum atomic E-state index is -0.350. The zero-order valence-electron chi connectivity index (χ0n) is 15.6. The summed E-state index contributed by atoms with van der Waals surface area (Å²) in [6.45, 7) is 1.00. The fourth-order valence-corrected chi connectivity index (χ4v) is 4.16. The van der Waals surface area contributed by atoms with Gasteiger partial charge in [0, 0.05) is 6.54 Å². The summed E-state index contributed by atoms with van der Waals surface area (Å²) in [4.78, 5) is 2.24. The van der Waals surface area contributed by atoms with Gasteiger partial charge in [0.05, 0.1) is 5.02 Å². The number of hydrogen-bond donors (Lipinski definition) is 0. The molecule has 0 N–H and O–H groups in total. The fraction of sp³-hybridized carbons (Fsp3) is 0.391. The van der Waals surface area contributed by atoms with Gasteiger partial charge in [-0.3, -0.25) is 0 Å². The van der Waals surface area contributed by atoms with E-state index in [4.69, 9.17) is 11.6 Å². The van der Waals surface area contributed by atoms with Gasteiger partial charge in [0.15, 0.2) is 0 Å². The summed E-state index contributed by atoms with van der Waals surface area (Å²) in [6, 6.07) is 15.8. The molecule has 0 bridgehead atoms. The molecule has 1 nitrogen and oxygen atoms in total. The number of benzene rings is 2. The Morgan fingerprint density at radius 1 is 1.12 bits per heavy atom. The van der Waals surface area contributed by atoms with E-state index in [-0.39, 0.29) is 10.8 Å². The lowest BCUT2D eigenvalue weighted by molar-refractivity contribution is 0.304. The predicted octanol–water partition coefficient (Wildman–Crippen LogP) is 6.08. The van der Waals surface area contributed by atoms with Crippen molar-refractivity contribution in [2.75, 3.05) is 20.6 Å². The molecule has 138 valence electrons. The van der Waals surface area contributed by atoms with E-state index >= 15 is 0 Å². The lowest BCUT2D eigenvalue weighted by atomic mass is 9.76. The average molecular weight is 372 g/mol. The Hall–Kier alpha value is -1.64. The Bertz CT molecular complexity index is 754. The van der Waals surface area contributed by atoms with Crippen LogP contribution in [0.1, 0.15) is 30.4 Å². The van der Waals surface area contributed by atoms with Crippen molar-refractivity contribution in [3.8, 4) is 0 Å². The second-order valence-electron chi connectivity index (χ2n) is 7.61. The molecule has 0 aliphatic heterocycles. The monoisotopic (exact) mass is 371 g/mol. The number of halogens is 2. The van der Waals surface area contributed by atoms with Crippen LogP contribution in [0.2, 0.25) is 5.02 Å². The molecule has 2 unspecified atom stereocenters. The minimum Gasteiger partial charge on any atom is -0.309 e. The van der Waals surface area contributed by atoms with Crippen LogP contribution in [0.15, 0.2) is 54.6 Å². The van der Waals surface area contributed by atoms with Gasteiger partial charge in [-0.15, -0.1) is 0 Å². The Kier molecular flexibility index (Phi) is 6.50. The second kappa shape index (κ2) is 8.83. The Morgan fingerprint density at radius 3 is 2.58 bits per heavy atom. The van der Waals surface area contributed by atoms with E-state index < -0.39 is 0 Å². The maximum atomic E-state index is 13.5. The fourth-order valence-electron chi connectivity index (χ4n) is 3.98. The highest BCUT2D eigenvalue weighted by molar-refractivity contribution is 6.30. The smallest absolute Gasteiger partial charge is 0.141 e. The molecule has 0 amide bonds. The molecule has 2 aromatic carbocycles. The van der Waals surface area contributed by atoms with E-state index in [0.29, 0.717) is 11.8 Å². The summed E-state index contributed by atoms with van der Waals surface area (Å²) >= 11 is 6.02. The van der Waals surface area contributed by atoms with Crippen molar-refractivity contribution in [3.63, 3.8) is 0 Å². The molecule has 3 rings (SSSR count). The van der Waals surface area contributed by atoms with Crippen LogP contribution in [-0.4, -0.2) is 25.5 Å². The third-order valence-corrected chi connectivity index (χ3v) is 5.54. The number of allylic oxidation sites excluding steroid dienone is 1. The summed E-state index contributed by atoms with van der Waals surface area (Å²) in [5.41, 5.74) is 3.79. The van der Waals surface area contributed by atoms with E-state index in [1.807, 2.05) is 6.07 Å². The molecule has 1 aliphatic rings. The van der Waals surface area contributed by atoms with Crippen molar-refractivity contribution in [2.45, 2.75) is 25.7 Å². The van der Waals surface area contributed by atoms with Crippen molar-refractivity contribution in [3.05, 3.63) is 76.6 Å². The first-order chi connectivity index (χ1) is 12.5. The summed E-state index contributed by atoms with van der Waals surface area (Å²) in [7, 11) is 4.23. The van der Waals surface area contributed by atoms with Crippen LogP contribution < -0.4 is 0 Å². The zero-order chi connectivity index (χ0) is 18.5. The van der Waals surface area contributed by atoms with E-state index in [9.17, 15) is 4.39 Å². The topological polar surface area (TPSA) is 3.24 Å². The molecule has 0 saturated heterocycles. The van der Waals surface area contributed by atoms with Gasteiger partial charge in [-0.05, 0) is 80.4 Å². The molecule has 0 radical (unpaired) electrons. The molecular weight excluding hydrogens is 345 g/mol. The van der Waals surface area contributed by atoms with E-state index in [0.717, 1.165) is 24.9 Å². The van der Waals surface area contributed by atoms with Crippen LogP contribution in [0.4, 0.5) is 4.39 Å². The normalized spacial score (nSPS) is 20.3. The summed E-state index contributed by atoms with van der Waals surface area (Å²) < 4.78 is 13.5. The Morgan fingerprint density at radius 2 is 1.88 bits per heavy atom. The molecule has 0 heterocycles. The molecule has 2 aromatic rings. The van der Waals surface area contributed by atoms with E-state index in [1.165, 1.54) is 30.0 Å².